The summed E-state index contributed by atoms with van der Waals surface area (Å²) in [7, 11) is 0. The Labute approximate surface area is 99.2 Å². The lowest BCUT2D eigenvalue weighted by molar-refractivity contribution is 0.216. The summed E-state index contributed by atoms with van der Waals surface area (Å²) in [5.41, 5.74) is 6.18. The highest BCUT2D eigenvalue weighted by Crippen LogP contribution is 2.34. The highest BCUT2D eigenvalue weighted by molar-refractivity contribution is 7.80. The highest BCUT2D eigenvalue weighted by Gasteiger charge is 2.34. The zero-order valence-electron chi connectivity index (χ0n) is 10.4. The summed E-state index contributed by atoms with van der Waals surface area (Å²) in [6, 6.07) is 0.312. The largest absolute Gasteiger partial charge is 0.392 e. The maximum absolute atomic E-state index is 5.77. The van der Waals surface area contributed by atoms with Crippen LogP contribution in [0.15, 0.2) is 0 Å². The van der Waals surface area contributed by atoms with Crippen LogP contribution < -0.4 is 5.73 Å². The van der Waals surface area contributed by atoms with E-state index in [0.717, 1.165) is 25.4 Å². The third-order valence-corrected chi connectivity index (χ3v) is 3.87. The number of likely N-dealkylation sites (tertiary alicyclic amines) is 1. The van der Waals surface area contributed by atoms with Gasteiger partial charge in [0.1, 0.15) is 0 Å². The van der Waals surface area contributed by atoms with Crippen LogP contribution in [0.3, 0.4) is 0 Å². The summed E-state index contributed by atoms with van der Waals surface area (Å²) in [5.74, 6) is 0.779. The topological polar surface area (TPSA) is 29.3 Å². The minimum Gasteiger partial charge on any atom is -0.392 e. The van der Waals surface area contributed by atoms with Crippen molar-refractivity contribution in [2.45, 2.75) is 46.6 Å². The molecule has 0 aromatic heterocycles. The Balaban J connectivity index is 2.59. The molecule has 2 N–H and O–H groups in total. The minimum absolute atomic E-state index is 0.312. The predicted molar refractivity (Wildman–Crippen MR) is 70.0 cm³/mol. The van der Waals surface area contributed by atoms with Gasteiger partial charge in [-0.3, -0.25) is 4.90 Å². The van der Waals surface area contributed by atoms with Crippen molar-refractivity contribution in [1.82, 2.24) is 4.90 Å². The van der Waals surface area contributed by atoms with E-state index in [1.807, 2.05) is 0 Å². The minimum atomic E-state index is 0.312. The second kappa shape index (κ2) is 4.79. The molecule has 3 heteroatoms. The molecule has 88 valence electrons. The fourth-order valence-corrected chi connectivity index (χ4v) is 2.73. The molecule has 1 saturated heterocycles. The van der Waals surface area contributed by atoms with Crippen LogP contribution in [0.1, 0.15) is 40.5 Å². The molecule has 0 bridgehead atoms. The summed E-state index contributed by atoms with van der Waals surface area (Å²) in [6.45, 7) is 11.4. The normalized spacial score (nSPS) is 25.5. The van der Waals surface area contributed by atoms with Crippen LogP contribution in [-0.4, -0.2) is 29.0 Å². The van der Waals surface area contributed by atoms with Crippen molar-refractivity contribution in [3.05, 3.63) is 0 Å². The quantitative estimate of drug-likeness (QED) is 0.752. The Kier molecular flexibility index (Phi) is 4.13. The molecule has 0 aromatic carbocycles. The van der Waals surface area contributed by atoms with Gasteiger partial charge in [-0.1, -0.05) is 39.9 Å². The molecule has 1 aliphatic rings. The number of nitrogens with two attached hydrogens (primary N) is 1. The maximum Gasteiger partial charge on any atom is 0.0901 e. The lowest BCUT2D eigenvalue weighted by atomic mass is 9.80. The number of hydrogen-bond acceptors (Lipinski definition) is 2. The van der Waals surface area contributed by atoms with Crippen LogP contribution in [0.4, 0.5) is 0 Å². The van der Waals surface area contributed by atoms with E-state index in [1.165, 1.54) is 6.42 Å². The number of hydrogen-bond donors (Lipinski definition) is 1. The standard InChI is InChI=1S/C12H24N2S/c1-5-10(11(13)15)14-7-6-9(8-14)12(2,3)4/h9-10H,5-8H2,1-4H3,(H2,13,15). The van der Waals surface area contributed by atoms with Crippen LogP contribution in [-0.2, 0) is 0 Å². The Morgan fingerprint density at radius 2 is 2.13 bits per heavy atom. The van der Waals surface area contributed by atoms with Gasteiger partial charge in [0, 0.05) is 6.54 Å². The van der Waals surface area contributed by atoms with Crippen molar-refractivity contribution in [3.63, 3.8) is 0 Å². The number of thiocarbonyl (C=S) groups is 1. The van der Waals surface area contributed by atoms with Crippen LogP contribution in [0.2, 0.25) is 0 Å². The van der Waals surface area contributed by atoms with Gasteiger partial charge in [-0.05, 0) is 30.7 Å². The van der Waals surface area contributed by atoms with E-state index in [9.17, 15) is 0 Å². The monoisotopic (exact) mass is 228 g/mol. The zero-order valence-corrected chi connectivity index (χ0v) is 11.2. The first-order valence-electron chi connectivity index (χ1n) is 5.89. The van der Waals surface area contributed by atoms with E-state index in [4.69, 9.17) is 18.0 Å². The van der Waals surface area contributed by atoms with Crippen molar-refractivity contribution in [3.8, 4) is 0 Å². The molecule has 1 heterocycles. The van der Waals surface area contributed by atoms with Gasteiger partial charge in [-0.15, -0.1) is 0 Å². The van der Waals surface area contributed by atoms with E-state index in [2.05, 4.69) is 32.6 Å². The molecule has 2 unspecified atom stereocenters. The first-order valence-corrected chi connectivity index (χ1v) is 6.30. The molecule has 1 fully saturated rings. The summed E-state index contributed by atoms with van der Waals surface area (Å²) in [5, 5.41) is 0. The van der Waals surface area contributed by atoms with Gasteiger partial charge < -0.3 is 5.73 Å². The van der Waals surface area contributed by atoms with Crippen LogP contribution in [0, 0.1) is 11.3 Å². The lowest BCUT2D eigenvalue weighted by Gasteiger charge is -2.29. The fourth-order valence-electron chi connectivity index (χ4n) is 2.42. The zero-order chi connectivity index (χ0) is 11.6. The van der Waals surface area contributed by atoms with Gasteiger partial charge in [0.05, 0.1) is 11.0 Å². The molecular formula is C12H24N2S. The van der Waals surface area contributed by atoms with Crippen molar-refractivity contribution < 1.29 is 0 Å². The Hall–Kier alpha value is -0.150. The van der Waals surface area contributed by atoms with E-state index >= 15 is 0 Å². The molecule has 0 amide bonds. The summed E-state index contributed by atoms with van der Waals surface area (Å²) in [6.07, 6.45) is 2.31. The van der Waals surface area contributed by atoms with Crippen molar-refractivity contribution in [2.24, 2.45) is 17.1 Å². The molecular weight excluding hydrogens is 204 g/mol. The molecule has 0 spiro atoms. The maximum atomic E-state index is 5.77. The van der Waals surface area contributed by atoms with Crippen molar-refractivity contribution in [1.29, 1.82) is 0 Å². The van der Waals surface area contributed by atoms with Gasteiger partial charge in [0.15, 0.2) is 0 Å². The first-order chi connectivity index (χ1) is 6.86. The highest BCUT2D eigenvalue weighted by atomic mass is 32.1. The van der Waals surface area contributed by atoms with E-state index in [0.29, 0.717) is 16.4 Å². The molecule has 15 heavy (non-hydrogen) atoms. The SMILES string of the molecule is CCC(C(N)=S)N1CCC(C(C)(C)C)C1. The van der Waals surface area contributed by atoms with Gasteiger partial charge in [0.25, 0.3) is 0 Å². The van der Waals surface area contributed by atoms with Crippen molar-refractivity contribution >= 4 is 17.2 Å². The third-order valence-electron chi connectivity index (χ3n) is 3.60. The molecule has 0 aromatic rings. The van der Waals surface area contributed by atoms with Crippen LogP contribution in [0.5, 0.6) is 0 Å². The smallest absolute Gasteiger partial charge is 0.0901 e. The average molecular weight is 228 g/mol. The molecule has 0 saturated carbocycles. The van der Waals surface area contributed by atoms with Crippen LogP contribution >= 0.6 is 12.2 Å². The van der Waals surface area contributed by atoms with Crippen molar-refractivity contribution in [2.75, 3.05) is 13.1 Å². The molecule has 2 atom stereocenters. The summed E-state index contributed by atoms with van der Waals surface area (Å²) in [4.78, 5) is 3.12. The molecule has 1 aliphatic heterocycles. The lowest BCUT2D eigenvalue weighted by Crippen LogP contribution is -2.42. The van der Waals surface area contributed by atoms with E-state index in [1.54, 1.807) is 0 Å². The Bertz CT molecular complexity index is 232. The van der Waals surface area contributed by atoms with Crippen LogP contribution in [0.25, 0.3) is 0 Å². The summed E-state index contributed by atoms with van der Waals surface area (Å²) < 4.78 is 0. The predicted octanol–water partition coefficient (Wildman–Crippen LogP) is 2.42. The van der Waals surface area contributed by atoms with Gasteiger partial charge in [0.2, 0.25) is 0 Å². The van der Waals surface area contributed by atoms with E-state index < -0.39 is 0 Å². The molecule has 0 radical (unpaired) electrons. The first kappa shape index (κ1) is 12.9. The second-order valence-electron chi connectivity index (χ2n) is 5.67. The van der Waals surface area contributed by atoms with Gasteiger partial charge in [-0.2, -0.15) is 0 Å². The Morgan fingerprint density at radius 3 is 2.47 bits per heavy atom. The van der Waals surface area contributed by atoms with E-state index in [-0.39, 0.29) is 0 Å². The third kappa shape index (κ3) is 3.15. The molecule has 1 rings (SSSR count). The summed E-state index contributed by atoms with van der Waals surface area (Å²) >= 11 is 5.12. The number of rotatable bonds is 3. The van der Waals surface area contributed by atoms with Gasteiger partial charge in [-0.25, -0.2) is 0 Å². The number of nitrogens with zero attached hydrogens (tertiary/aromatic N) is 1. The van der Waals surface area contributed by atoms with Gasteiger partial charge >= 0.3 is 0 Å². The average Bonchev–Trinajstić information content (AvgIpc) is 2.52. The molecule has 0 aliphatic carbocycles. The second-order valence-corrected chi connectivity index (χ2v) is 6.14. The Morgan fingerprint density at radius 1 is 1.53 bits per heavy atom. The molecule has 2 nitrogen and oxygen atoms in total. The fraction of sp³-hybridized carbons (Fsp3) is 0.917.